The van der Waals surface area contributed by atoms with Crippen molar-refractivity contribution in [1.82, 2.24) is 4.31 Å². The van der Waals surface area contributed by atoms with E-state index < -0.39 is 10.0 Å². The van der Waals surface area contributed by atoms with E-state index in [0.29, 0.717) is 30.3 Å². The van der Waals surface area contributed by atoms with Gasteiger partial charge in [-0.05, 0) is 61.9 Å². The molecular formula is C20H25ClN2O3S2. The van der Waals surface area contributed by atoms with Gasteiger partial charge in [-0.25, -0.2) is 8.42 Å². The minimum Gasteiger partial charge on any atom is -0.326 e. The highest BCUT2D eigenvalue weighted by Gasteiger charge is 2.34. The first-order valence-electron chi connectivity index (χ1n) is 9.32. The summed E-state index contributed by atoms with van der Waals surface area (Å²) in [6, 6.07) is 9.14. The number of halogens is 1. The van der Waals surface area contributed by atoms with Gasteiger partial charge in [-0.3, -0.25) is 4.79 Å². The Kier molecular flexibility index (Phi) is 6.49. The lowest BCUT2D eigenvalue weighted by atomic mass is 9.85. The van der Waals surface area contributed by atoms with Crippen LogP contribution in [0.25, 0.3) is 0 Å². The van der Waals surface area contributed by atoms with E-state index in [4.69, 9.17) is 11.6 Å². The first-order valence-corrected chi connectivity index (χ1v) is 12.0. The van der Waals surface area contributed by atoms with Crippen LogP contribution in [0.1, 0.15) is 30.9 Å². The van der Waals surface area contributed by atoms with Crippen LogP contribution in [-0.4, -0.2) is 31.7 Å². The molecule has 0 unspecified atom stereocenters. The molecule has 0 aliphatic carbocycles. The molecule has 1 aliphatic heterocycles. The van der Waals surface area contributed by atoms with Crippen LogP contribution in [0.3, 0.4) is 0 Å². The number of nitrogens with zero attached hydrogens (tertiary/aromatic N) is 1. The highest BCUT2D eigenvalue weighted by atomic mass is 35.5. The number of carbonyl (C=O) groups excluding carboxylic acids is 1. The predicted molar refractivity (Wildman–Crippen MR) is 115 cm³/mol. The third-order valence-corrected chi connectivity index (χ3v) is 9.01. The summed E-state index contributed by atoms with van der Waals surface area (Å²) in [4.78, 5) is 12.7. The van der Waals surface area contributed by atoms with Crippen LogP contribution < -0.4 is 5.32 Å². The van der Waals surface area contributed by atoms with Crippen molar-refractivity contribution in [3.8, 4) is 0 Å². The average molecular weight is 441 g/mol. The number of piperidine rings is 1. The standard InChI is InChI=1S/C20H25ClN2O3S2/c1-13-4-5-14(2)17(12-13)22-20(24)15(3)16-8-10-23(11-9-16)28(25,26)19-7-6-18(21)27-19/h4-7,12,15-16H,8-11H2,1-3H3,(H,22,24)/t15-/m0/s1. The fourth-order valence-corrected chi connectivity index (χ4v) is 6.62. The van der Waals surface area contributed by atoms with Gasteiger partial charge in [-0.2, -0.15) is 4.31 Å². The lowest BCUT2D eigenvalue weighted by molar-refractivity contribution is -0.121. The van der Waals surface area contributed by atoms with Gasteiger partial charge in [-0.15, -0.1) is 11.3 Å². The van der Waals surface area contributed by atoms with E-state index in [1.54, 1.807) is 12.1 Å². The molecule has 0 radical (unpaired) electrons. The minimum absolute atomic E-state index is 0.0138. The molecule has 152 valence electrons. The Morgan fingerprint density at radius 2 is 1.89 bits per heavy atom. The number of hydrogen-bond donors (Lipinski definition) is 1. The van der Waals surface area contributed by atoms with E-state index in [2.05, 4.69) is 5.32 Å². The van der Waals surface area contributed by atoms with Crippen molar-refractivity contribution < 1.29 is 13.2 Å². The van der Waals surface area contributed by atoms with Gasteiger partial charge in [0.25, 0.3) is 10.0 Å². The summed E-state index contributed by atoms with van der Waals surface area (Å²) < 4.78 is 27.7. The molecular weight excluding hydrogens is 416 g/mol. The van der Waals surface area contributed by atoms with Gasteiger partial charge >= 0.3 is 0 Å². The summed E-state index contributed by atoms with van der Waals surface area (Å²) >= 11 is 6.96. The predicted octanol–water partition coefficient (Wildman–Crippen LogP) is 4.69. The first kappa shape index (κ1) is 21.3. The van der Waals surface area contributed by atoms with E-state index in [1.807, 2.05) is 39.0 Å². The van der Waals surface area contributed by atoms with Crippen molar-refractivity contribution >= 4 is 44.6 Å². The summed E-state index contributed by atoms with van der Waals surface area (Å²) in [7, 11) is -3.50. The monoisotopic (exact) mass is 440 g/mol. The van der Waals surface area contributed by atoms with E-state index in [-0.39, 0.29) is 22.0 Å². The maximum atomic E-state index is 12.7. The van der Waals surface area contributed by atoms with Crippen LogP contribution in [0.15, 0.2) is 34.5 Å². The molecule has 1 fully saturated rings. The Hall–Kier alpha value is -1.41. The molecule has 2 aromatic rings. The highest BCUT2D eigenvalue weighted by Crippen LogP contribution is 2.32. The minimum atomic E-state index is -3.50. The fraction of sp³-hybridized carbons (Fsp3) is 0.450. The maximum Gasteiger partial charge on any atom is 0.252 e. The zero-order valence-electron chi connectivity index (χ0n) is 16.2. The number of amides is 1. The van der Waals surface area contributed by atoms with Gasteiger partial charge in [0.2, 0.25) is 5.91 Å². The van der Waals surface area contributed by atoms with E-state index in [1.165, 1.54) is 4.31 Å². The molecule has 5 nitrogen and oxygen atoms in total. The average Bonchev–Trinajstić information content (AvgIpc) is 3.11. The van der Waals surface area contributed by atoms with Crippen LogP contribution in [0, 0.1) is 25.7 Å². The third kappa shape index (κ3) is 4.59. The Labute approximate surface area is 175 Å². The van der Waals surface area contributed by atoms with Crippen molar-refractivity contribution in [1.29, 1.82) is 0 Å². The number of thiophene rings is 1. The summed E-state index contributed by atoms with van der Waals surface area (Å²) in [5, 5.41) is 3.03. The van der Waals surface area contributed by atoms with Gasteiger partial charge in [0.1, 0.15) is 4.21 Å². The van der Waals surface area contributed by atoms with Crippen molar-refractivity contribution in [3.05, 3.63) is 45.8 Å². The first-order chi connectivity index (χ1) is 13.2. The highest BCUT2D eigenvalue weighted by molar-refractivity contribution is 7.91. The normalized spacial score (nSPS) is 17.4. The zero-order chi connectivity index (χ0) is 20.5. The maximum absolute atomic E-state index is 12.7. The van der Waals surface area contributed by atoms with Crippen LogP contribution in [0.4, 0.5) is 5.69 Å². The number of carbonyl (C=O) groups is 1. The number of hydrogen-bond acceptors (Lipinski definition) is 4. The second-order valence-electron chi connectivity index (χ2n) is 7.40. The Bertz CT molecular complexity index is 964. The lowest BCUT2D eigenvalue weighted by Crippen LogP contribution is -2.41. The number of benzene rings is 1. The molecule has 3 rings (SSSR count). The molecule has 1 atom stereocenters. The molecule has 1 saturated heterocycles. The molecule has 1 aliphatic rings. The molecule has 2 heterocycles. The third-order valence-electron chi connectivity index (χ3n) is 5.41. The van der Waals surface area contributed by atoms with Gasteiger partial charge in [0.15, 0.2) is 0 Å². The van der Waals surface area contributed by atoms with Crippen molar-refractivity contribution in [2.24, 2.45) is 11.8 Å². The second kappa shape index (κ2) is 8.53. The summed E-state index contributed by atoms with van der Waals surface area (Å²) in [6.45, 7) is 6.73. The Balaban J connectivity index is 1.61. The summed E-state index contributed by atoms with van der Waals surface area (Å²) in [5.41, 5.74) is 2.97. The lowest BCUT2D eigenvalue weighted by Gasteiger charge is -2.33. The van der Waals surface area contributed by atoms with Crippen LogP contribution in [0.5, 0.6) is 0 Å². The number of anilines is 1. The fourth-order valence-electron chi connectivity index (χ4n) is 3.51. The molecule has 0 bridgehead atoms. The van der Waals surface area contributed by atoms with E-state index in [0.717, 1.165) is 28.2 Å². The number of nitrogens with one attached hydrogen (secondary N) is 1. The topological polar surface area (TPSA) is 66.5 Å². The van der Waals surface area contributed by atoms with Crippen LogP contribution >= 0.6 is 22.9 Å². The Morgan fingerprint density at radius 3 is 2.50 bits per heavy atom. The molecule has 0 saturated carbocycles. The molecule has 1 N–H and O–H groups in total. The number of sulfonamides is 1. The molecule has 1 aromatic carbocycles. The van der Waals surface area contributed by atoms with Crippen molar-refractivity contribution in [2.45, 2.75) is 37.8 Å². The van der Waals surface area contributed by atoms with Crippen LogP contribution in [0.2, 0.25) is 4.34 Å². The van der Waals surface area contributed by atoms with E-state index >= 15 is 0 Å². The molecule has 1 amide bonds. The summed E-state index contributed by atoms with van der Waals surface area (Å²) in [6.07, 6.45) is 1.33. The Morgan fingerprint density at radius 1 is 1.21 bits per heavy atom. The summed E-state index contributed by atoms with van der Waals surface area (Å²) in [5.74, 6) is -0.0375. The van der Waals surface area contributed by atoms with Gasteiger partial charge in [0, 0.05) is 24.7 Å². The zero-order valence-corrected chi connectivity index (χ0v) is 18.6. The number of rotatable bonds is 5. The quantitative estimate of drug-likeness (QED) is 0.733. The van der Waals surface area contributed by atoms with Gasteiger partial charge in [-0.1, -0.05) is 30.7 Å². The van der Waals surface area contributed by atoms with Crippen LogP contribution in [-0.2, 0) is 14.8 Å². The molecule has 8 heteroatoms. The van der Waals surface area contributed by atoms with E-state index in [9.17, 15) is 13.2 Å². The number of aryl methyl sites for hydroxylation is 2. The largest absolute Gasteiger partial charge is 0.326 e. The van der Waals surface area contributed by atoms with Gasteiger partial charge in [0.05, 0.1) is 4.34 Å². The molecule has 28 heavy (non-hydrogen) atoms. The molecule has 1 aromatic heterocycles. The smallest absolute Gasteiger partial charge is 0.252 e. The second-order valence-corrected chi connectivity index (χ2v) is 11.3. The van der Waals surface area contributed by atoms with Gasteiger partial charge < -0.3 is 5.32 Å². The van der Waals surface area contributed by atoms with Crippen molar-refractivity contribution in [3.63, 3.8) is 0 Å². The van der Waals surface area contributed by atoms with Crippen molar-refractivity contribution in [2.75, 3.05) is 18.4 Å². The molecule has 0 spiro atoms. The SMILES string of the molecule is Cc1ccc(C)c(NC(=O)[C@@H](C)C2CCN(S(=O)(=O)c3ccc(Cl)s3)CC2)c1.